The summed E-state index contributed by atoms with van der Waals surface area (Å²) in [5, 5.41) is 13.9. The Balaban J connectivity index is 1.53. The van der Waals surface area contributed by atoms with Crippen LogP contribution in [0.4, 0.5) is 10.2 Å². The van der Waals surface area contributed by atoms with Crippen LogP contribution in [0.25, 0.3) is 21.3 Å². The molecule has 2 N–H and O–H groups in total. The quantitative estimate of drug-likeness (QED) is 0.297. The molecule has 0 saturated heterocycles. The van der Waals surface area contributed by atoms with E-state index in [0.717, 1.165) is 44.5 Å². The molecule has 2 aromatic heterocycles. The van der Waals surface area contributed by atoms with E-state index in [2.05, 4.69) is 36.1 Å². The number of carboxylic acids is 1. The number of halogens is 1. The van der Waals surface area contributed by atoms with E-state index >= 15 is 0 Å². The highest BCUT2D eigenvalue weighted by molar-refractivity contribution is 7.19. The van der Waals surface area contributed by atoms with Crippen LogP contribution in [0, 0.1) is 25.6 Å². The summed E-state index contributed by atoms with van der Waals surface area (Å²) >= 11 is 1.71. The lowest BCUT2D eigenvalue weighted by Crippen LogP contribution is -2.08. The normalized spacial score (nSPS) is 11.4. The van der Waals surface area contributed by atoms with Gasteiger partial charge < -0.3 is 10.4 Å². The number of carboxylic acid groups (broad SMARTS) is 1. The van der Waals surface area contributed by atoms with Crippen molar-refractivity contribution in [1.29, 1.82) is 0 Å². The summed E-state index contributed by atoms with van der Waals surface area (Å²) in [5.74, 6) is -0.0936. The third-order valence-electron chi connectivity index (χ3n) is 5.85. The fraction of sp³-hybridized carbons (Fsp3) is 0.296. The largest absolute Gasteiger partial charge is 0.478 e. The second-order valence-electron chi connectivity index (χ2n) is 8.98. The minimum Gasteiger partial charge on any atom is -0.478 e. The topological polar surface area (TPSA) is 75.1 Å². The number of nitrogens with one attached hydrogen (secondary N) is 1. The van der Waals surface area contributed by atoms with Crippen LogP contribution in [-0.2, 0) is 12.8 Å². The van der Waals surface area contributed by atoms with E-state index in [4.69, 9.17) is 0 Å². The summed E-state index contributed by atoms with van der Waals surface area (Å²) < 4.78 is 15.1. The molecule has 0 spiro atoms. The second-order valence-corrected chi connectivity index (χ2v) is 10.2. The molecular formula is C27H28FN3O2S. The highest BCUT2D eigenvalue weighted by Crippen LogP contribution is 2.34. The number of hydrogen-bond donors (Lipinski definition) is 2. The number of rotatable bonds is 8. The maximum Gasteiger partial charge on any atom is 0.335 e. The van der Waals surface area contributed by atoms with E-state index < -0.39 is 5.97 Å². The molecule has 4 aromatic rings. The lowest BCUT2D eigenvalue weighted by atomic mass is 9.95. The molecule has 0 unspecified atom stereocenters. The molecule has 0 amide bonds. The first-order chi connectivity index (χ1) is 16.2. The Labute approximate surface area is 202 Å². The van der Waals surface area contributed by atoms with E-state index in [1.807, 2.05) is 19.1 Å². The average molecular weight is 478 g/mol. The van der Waals surface area contributed by atoms with Gasteiger partial charge in [0, 0.05) is 27.8 Å². The van der Waals surface area contributed by atoms with Crippen molar-refractivity contribution in [1.82, 2.24) is 9.97 Å². The van der Waals surface area contributed by atoms with Crippen LogP contribution in [0.5, 0.6) is 0 Å². The highest BCUT2D eigenvalue weighted by atomic mass is 32.1. The van der Waals surface area contributed by atoms with Crippen molar-refractivity contribution < 1.29 is 14.3 Å². The van der Waals surface area contributed by atoms with Gasteiger partial charge in [0.1, 0.15) is 18.0 Å². The predicted octanol–water partition coefficient (Wildman–Crippen LogP) is 6.67. The number of hydrogen-bond acceptors (Lipinski definition) is 5. The van der Waals surface area contributed by atoms with Crippen LogP contribution in [0.1, 0.15) is 45.8 Å². The summed E-state index contributed by atoms with van der Waals surface area (Å²) in [5.41, 5.74) is 4.84. The summed E-state index contributed by atoms with van der Waals surface area (Å²) in [6.07, 6.45) is 2.94. The van der Waals surface area contributed by atoms with E-state index in [0.29, 0.717) is 30.3 Å². The molecule has 0 aliphatic rings. The van der Waals surface area contributed by atoms with Gasteiger partial charge >= 0.3 is 5.97 Å². The lowest BCUT2D eigenvalue weighted by molar-refractivity contribution is 0.0695. The monoisotopic (exact) mass is 477 g/mol. The fourth-order valence-electron chi connectivity index (χ4n) is 4.30. The summed E-state index contributed by atoms with van der Waals surface area (Å²) in [6, 6.07) is 10.4. The Kier molecular flexibility index (Phi) is 6.93. The number of nitrogens with zero attached hydrogens (tertiary/aromatic N) is 2. The molecule has 0 aliphatic heterocycles. The number of aryl methyl sites for hydroxylation is 2. The van der Waals surface area contributed by atoms with Crippen molar-refractivity contribution >= 4 is 33.2 Å². The van der Waals surface area contributed by atoms with Crippen molar-refractivity contribution in [2.24, 2.45) is 5.92 Å². The predicted molar refractivity (Wildman–Crippen MR) is 136 cm³/mol. The molecule has 2 heterocycles. The standard InChI is InChI=1S/C27H28FN3O2S/c1-15(2)9-19-11-18(5-6-22(19)27(32)33)24-13-25(31-14-30-24)29-8-7-21-17(4)34-26-16(3)10-20(28)12-23(21)26/h5-6,10-15H,7-9H2,1-4H3,(H,32,33)(H,29,30,31). The third kappa shape index (κ3) is 5.09. The molecule has 0 atom stereocenters. The molecule has 34 heavy (non-hydrogen) atoms. The summed E-state index contributed by atoms with van der Waals surface area (Å²) in [7, 11) is 0. The first-order valence-corrected chi connectivity index (χ1v) is 12.1. The van der Waals surface area contributed by atoms with Gasteiger partial charge in [-0.2, -0.15) is 0 Å². The van der Waals surface area contributed by atoms with Crippen LogP contribution in [0.3, 0.4) is 0 Å². The molecule has 176 valence electrons. The number of fused-ring (bicyclic) bond motifs is 1. The van der Waals surface area contributed by atoms with Gasteiger partial charge in [-0.05, 0) is 78.9 Å². The second kappa shape index (κ2) is 9.89. The number of aromatic carboxylic acids is 1. The van der Waals surface area contributed by atoms with Crippen molar-refractivity contribution in [2.45, 2.75) is 40.5 Å². The van der Waals surface area contributed by atoms with Crippen molar-refractivity contribution in [3.8, 4) is 11.3 Å². The number of carbonyl (C=O) groups is 1. The van der Waals surface area contributed by atoms with Crippen LogP contribution >= 0.6 is 11.3 Å². The molecule has 2 aromatic carbocycles. The molecule has 5 nitrogen and oxygen atoms in total. The average Bonchev–Trinajstić information content (AvgIpc) is 3.09. The van der Waals surface area contributed by atoms with E-state index in [9.17, 15) is 14.3 Å². The molecule has 0 fully saturated rings. The van der Waals surface area contributed by atoms with Crippen LogP contribution < -0.4 is 5.32 Å². The van der Waals surface area contributed by atoms with Gasteiger partial charge in [0.25, 0.3) is 0 Å². The van der Waals surface area contributed by atoms with Crippen LogP contribution in [0.15, 0.2) is 42.7 Å². The van der Waals surface area contributed by atoms with Crippen molar-refractivity contribution in [2.75, 3.05) is 11.9 Å². The van der Waals surface area contributed by atoms with Gasteiger partial charge in [-0.15, -0.1) is 11.3 Å². The van der Waals surface area contributed by atoms with Crippen LogP contribution in [0.2, 0.25) is 0 Å². The zero-order chi connectivity index (χ0) is 24.4. The van der Waals surface area contributed by atoms with Gasteiger partial charge in [-0.3, -0.25) is 0 Å². The minimum atomic E-state index is -0.918. The third-order valence-corrected chi connectivity index (χ3v) is 7.15. The van der Waals surface area contributed by atoms with Gasteiger partial charge in [-0.25, -0.2) is 19.2 Å². The Bertz CT molecular complexity index is 1360. The first kappa shape index (κ1) is 23.8. The van der Waals surface area contributed by atoms with E-state index in [1.165, 1.54) is 11.2 Å². The summed E-state index contributed by atoms with van der Waals surface area (Å²) in [4.78, 5) is 21.5. The lowest BCUT2D eigenvalue weighted by Gasteiger charge is -2.12. The van der Waals surface area contributed by atoms with Gasteiger partial charge in [0.2, 0.25) is 0 Å². The number of benzene rings is 2. The molecular weight excluding hydrogens is 449 g/mol. The summed E-state index contributed by atoms with van der Waals surface area (Å²) in [6.45, 7) is 8.81. The van der Waals surface area contributed by atoms with Gasteiger partial charge in [0.15, 0.2) is 0 Å². The van der Waals surface area contributed by atoms with Gasteiger partial charge in [-0.1, -0.05) is 19.9 Å². The molecule has 0 saturated carbocycles. The molecule has 0 radical (unpaired) electrons. The van der Waals surface area contributed by atoms with E-state index in [1.54, 1.807) is 35.6 Å². The SMILES string of the molecule is Cc1sc2c(C)cc(F)cc2c1CCNc1cc(-c2ccc(C(=O)O)c(CC(C)C)c2)ncn1. The zero-order valence-electron chi connectivity index (χ0n) is 19.8. The fourth-order valence-corrected chi connectivity index (χ4v) is 5.46. The Morgan fingerprint density at radius 3 is 2.68 bits per heavy atom. The maximum absolute atomic E-state index is 14.0. The molecule has 7 heteroatoms. The smallest absolute Gasteiger partial charge is 0.335 e. The van der Waals surface area contributed by atoms with E-state index in [-0.39, 0.29) is 5.82 Å². The Morgan fingerprint density at radius 1 is 1.15 bits per heavy atom. The molecule has 0 aliphatic carbocycles. The van der Waals surface area contributed by atoms with Crippen LogP contribution in [-0.4, -0.2) is 27.6 Å². The zero-order valence-corrected chi connectivity index (χ0v) is 20.6. The van der Waals surface area contributed by atoms with Crippen molar-refractivity contribution in [3.63, 3.8) is 0 Å². The van der Waals surface area contributed by atoms with Crippen molar-refractivity contribution in [3.05, 3.63) is 75.7 Å². The highest BCUT2D eigenvalue weighted by Gasteiger charge is 2.15. The minimum absolute atomic E-state index is 0.205. The number of anilines is 1. The van der Waals surface area contributed by atoms with Gasteiger partial charge in [0.05, 0.1) is 11.3 Å². The Hall–Kier alpha value is -3.32. The number of thiophene rings is 1. The maximum atomic E-state index is 14.0. The molecule has 0 bridgehead atoms. The number of aromatic nitrogens is 2. The first-order valence-electron chi connectivity index (χ1n) is 11.3. The molecule has 4 rings (SSSR count). The Morgan fingerprint density at radius 2 is 1.94 bits per heavy atom.